The molecule has 2 N–H and O–H groups in total. The van der Waals surface area contributed by atoms with Crippen molar-refractivity contribution in [3.63, 3.8) is 0 Å². The van der Waals surface area contributed by atoms with Gasteiger partial charge < -0.3 is 15.2 Å². The molecule has 0 radical (unpaired) electrons. The largest absolute Gasteiger partial charge is 0.480 e. The molecule has 1 saturated heterocycles. The van der Waals surface area contributed by atoms with Crippen molar-refractivity contribution in [2.45, 2.75) is 39.3 Å². The molecule has 1 amide bonds. The molecule has 0 bridgehead atoms. The standard InChI is InChI=1S/C13H20N4O4/c1-7(2)17-8(3)10(15-16-17)12(18)14-11(13(19)20)9-4-5-21-6-9/h7,9,11H,4-6H2,1-3H3,(H,14,18)(H,19,20). The molecule has 1 aromatic rings. The number of nitrogens with zero attached hydrogens (tertiary/aromatic N) is 3. The number of ether oxygens (including phenoxy) is 1. The molecule has 2 rings (SSSR count). The fraction of sp³-hybridized carbons (Fsp3) is 0.692. The Morgan fingerprint density at radius 1 is 1.48 bits per heavy atom. The Morgan fingerprint density at radius 2 is 2.19 bits per heavy atom. The average molecular weight is 296 g/mol. The summed E-state index contributed by atoms with van der Waals surface area (Å²) < 4.78 is 6.82. The summed E-state index contributed by atoms with van der Waals surface area (Å²) in [7, 11) is 0. The van der Waals surface area contributed by atoms with Crippen molar-refractivity contribution in [1.82, 2.24) is 20.3 Å². The maximum atomic E-state index is 12.2. The van der Waals surface area contributed by atoms with Gasteiger partial charge in [-0.15, -0.1) is 5.10 Å². The van der Waals surface area contributed by atoms with Crippen LogP contribution in [-0.2, 0) is 9.53 Å². The SMILES string of the molecule is Cc1c(C(=O)NC(C(=O)O)C2CCOC2)nnn1C(C)C. The maximum Gasteiger partial charge on any atom is 0.326 e. The highest BCUT2D eigenvalue weighted by atomic mass is 16.5. The minimum absolute atomic E-state index is 0.0811. The Hall–Kier alpha value is -1.96. The molecule has 8 nitrogen and oxygen atoms in total. The van der Waals surface area contributed by atoms with Crippen molar-refractivity contribution in [1.29, 1.82) is 0 Å². The summed E-state index contributed by atoms with van der Waals surface area (Å²) in [6, 6.07) is -0.888. The Kier molecular flexibility index (Phi) is 4.56. The zero-order chi connectivity index (χ0) is 15.6. The molecular formula is C13H20N4O4. The molecule has 2 atom stereocenters. The van der Waals surface area contributed by atoms with E-state index in [0.717, 1.165) is 0 Å². The number of carboxylic acids is 1. The molecule has 116 valence electrons. The van der Waals surface area contributed by atoms with Crippen LogP contribution in [0.2, 0.25) is 0 Å². The first-order chi connectivity index (χ1) is 9.91. The minimum Gasteiger partial charge on any atom is -0.480 e. The van der Waals surface area contributed by atoms with Gasteiger partial charge in [0.05, 0.1) is 12.3 Å². The van der Waals surface area contributed by atoms with Gasteiger partial charge in [0.2, 0.25) is 0 Å². The van der Waals surface area contributed by atoms with Crippen molar-refractivity contribution >= 4 is 11.9 Å². The van der Waals surface area contributed by atoms with Gasteiger partial charge in [0.15, 0.2) is 5.69 Å². The van der Waals surface area contributed by atoms with Crippen molar-refractivity contribution in [2.75, 3.05) is 13.2 Å². The Bertz CT molecular complexity index is 534. The van der Waals surface area contributed by atoms with Crippen LogP contribution in [0.15, 0.2) is 0 Å². The average Bonchev–Trinajstić information content (AvgIpc) is 3.04. The summed E-state index contributed by atoms with van der Waals surface area (Å²) in [5.41, 5.74) is 0.781. The number of hydrogen-bond acceptors (Lipinski definition) is 5. The van der Waals surface area contributed by atoms with E-state index < -0.39 is 17.9 Å². The summed E-state index contributed by atoms with van der Waals surface area (Å²) >= 11 is 0. The molecule has 1 aliphatic rings. The number of aromatic nitrogens is 3. The van der Waals surface area contributed by atoms with Crippen LogP contribution in [0.1, 0.15) is 42.5 Å². The third-order valence-electron chi connectivity index (χ3n) is 3.62. The highest BCUT2D eigenvalue weighted by Gasteiger charge is 2.33. The van der Waals surface area contributed by atoms with E-state index in [4.69, 9.17) is 4.74 Å². The van der Waals surface area contributed by atoms with E-state index in [1.165, 1.54) is 0 Å². The Balaban J connectivity index is 2.13. The molecule has 1 aromatic heterocycles. The fourth-order valence-electron chi connectivity index (χ4n) is 2.45. The predicted molar refractivity (Wildman–Crippen MR) is 73.0 cm³/mol. The second kappa shape index (κ2) is 6.21. The van der Waals surface area contributed by atoms with Crippen LogP contribution >= 0.6 is 0 Å². The molecule has 2 unspecified atom stereocenters. The topological polar surface area (TPSA) is 106 Å². The Morgan fingerprint density at radius 3 is 2.67 bits per heavy atom. The van der Waals surface area contributed by atoms with Gasteiger partial charge in [-0.05, 0) is 27.2 Å². The summed E-state index contributed by atoms with van der Waals surface area (Å²) in [6.45, 7) is 6.46. The van der Waals surface area contributed by atoms with Gasteiger partial charge in [0, 0.05) is 18.6 Å². The third-order valence-corrected chi connectivity index (χ3v) is 3.62. The van der Waals surface area contributed by atoms with Crippen LogP contribution in [0.3, 0.4) is 0 Å². The molecule has 2 heterocycles. The summed E-state index contributed by atoms with van der Waals surface area (Å²) in [5.74, 6) is -1.79. The molecule has 0 saturated carbocycles. The molecule has 8 heteroatoms. The molecule has 0 spiro atoms. The summed E-state index contributed by atoms with van der Waals surface area (Å²) in [6.07, 6.45) is 0.620. The number of carboxylic acid groups (broad SMARTS) is 1. The van der Waals surface area contributed by atoms with Crippen LogP contribution in [0.25, 0.3) is 0 Å². The van der Waals surface area contributed by atoms with Gasteiger partial charge in [0.1, 0.15) is 6.04 Å². The zero-order valence-electron chi connectivity index (χ0n) is 12.4. The fourth-order valence-corrected chi connectivity index (χ4v) is 2.45. The predicted octanol–water partition coefficient (Wildman–Crippen LogP) is 0.387. The van der Waals surface area contributed by atoms with Crippen LogP contribution in [0.5, 0.6) is 0 Å². The van der Waals surface area contributed by atoms with E-state index >= 15 is 0 Å². The van der Waals surface area contributed by atoms with Crippen molar-refractivity contribution in [2.24, 2.45) is 5.92 Å². The van der Waals surface area contributed by atoms with Gasteiger partial charge in [-0.2, -0.15) is 0 Å². The quantitative estimate of drug-likeness (QED) is 0.814. The summed E-state index contributed by atoms with van der Waals surface area (Å²) in [4.78, 5) is 23.6. The lowest BCUT2D eigenvalue weighted by Gasteiger charge is -2.19. The lowest BCUT2D eigenvalue weighted by molar-refractivity contribution is -0.140. The monoisotopic (exact) mass is 296 g/mol. The van der Waals surface area contributed by atoms with Crippen molar-refractivity contribution in [3.8, 4) is 0 Å². The van der Waals surface area contributed by atoms with Gasteiger partial charge in [-0.25, -0.2) is 9.48 Å². The zero-order valence-corrected chi connectivity index (χ0v) is 12.4. The first-order valence-corrected chi connectivity index (χ1v) is 6.95. The highest BCUT2D eigenvalue weighted by molar-refractivity contribution is 5.95. The van der Waals surface area contributed by atoms with Crippen molar-refractivity contribution in [3.05, 3.63) is 11.4 Å². The number of carbonyl (C=O) groups is 2. The molecule has 0 aromatic carbocycles. The lowest BCUT2D eigenvalue weighted by Crippen LogP contribution is -2.46. The third kappa shape index (κ3) is 3.21. The first kappa shape index (κ1) is 15.4. The van der Waals surface area contributed by atoms with Crippen LogP contribution < -0.4 is 5.32 Å². The number of hydrogen-bond donors (Lipinski definition) is 2. The molecule has 0 aliphatic carbocycles. The molecular weight excluding hydrogens is 276 g/mol. The van der Waals surface area contributed by atoms with E-state index in [2.05, 4.69) is 15.6 Å². The molecule has 1 fully saturated rings. The van der Waals surface area contributed by atoms with Crippen LogP contribution in [-0.4, -0.2) is 51.2 Å². The van der Waals surface area contributed by atoms with E-state index in [0.29, 0.717) is 25.3 Å². The van der Waals surface area contributed by atoms with E-state index in [1.807, 2.05) is 13.8 Å². The van der Waals surface area contributed by atoms with E-state index in [9.17, 15) is 14.7 Å². The van der Waals surface area contributed by atoms with Crippen LogP contribution in [0.4, 0.5) is 0 Å². The lowest BCUT2D eigenvalue weighted by atomic mass is 9.99. The molecule has 1 aliphatic heterocycles. The Labute approximate surface area is 122 Å². The summed E-state index contributed by atoms with van der Waals surface area (Å²) in [5, 5.41) is 19.6. The van der Waals surface area contributed by atoms with Gasteiger partial charge in [-0.3, -0.25) is 4.79 Å². The highest BCUT2D eigenvalue weighted by Crippen LogP contribution is 2.18. The van der Waals surface area contributed by atoms with Gasteiger partial charge in [-0.1, -0.05) is 5.21 Å². The number of carbonyl (C=O) groups excluding carboxylic acids is 1. The smallest absolute Gasteiger partial charge is 0.326 e. The maximum absolute atomic E-state index is 12.2. The van der Waals surface area contributed by atoms with E-state index in [-0.39, 0.29) is 17.7 Å². The number of rotatable bonds is 5. The number of nitrogens with one attached hydrogen (secondary N) is 1. The second-order valence-electron chi connectivity index (χ2n) is 5.47. The minimum atomic E-state index is -1.06. The molecule has 21 heavy (non-hydrogen) atoms. The second-order valence-corrected chi connectivity index (χ2v) is 5.47. The van der Waals surface area contributed by atoms with E-state index in [1.54, 1.807) is 11.6 Å². The number of aliphatic carboxylic acids is 1. The normalized spacial score (nSPS) is 19.7. The van der Waals surface area contributed by atoms with Gasteiger partial charge >= 0.3 is 5.97 Å². The van der Waals surface area contributed by atoms with Crippen molar-refractivity contribution < 1.29 is 19.4 Å². The number of amides is 1. The van der Waals surface area contributed by atoms with Crippen LogP contribution in [0, 0.1) is 12.8 Å². The van der Waals surface area contributed by atoms with Gasteiger partial charge in [0.25, 0.3) is 5.91 Å². The first-order valence-electron chi connectivity index (χ1n) is 6.95.